The molecule has 2 aliphatic rings. The number of carbonyl (C=O) groups is 5. The van der Waals surface area contributed by atoms with E-state index in [1.54, 1.807) is 60.7 Å². The van der Waals surface area contributed by atoms with E-state index in [9.17, 15) is 24.0 Å². The summed E-state index contributed by atoms with van der Waals surface area (Å²) in [7, 11) is 0. The third kappa shape index (κ3) is 4.53. The highest BCUT2D eigenvalue weighted by atomic mass is 16.2. The van der Waals surface area contributed by atoms with Crippen LogP contribution >= 0.6 is 0 Å². The number of nitrogens with one attached hydrogen (secondary N) is 2. The van der Waals surface area contributed by atoms with Crippen molar-refractivity contribution in [1.82, 2.24) is 15.5 Å². The van der Waals surface area contributed by atoms with Crippen LogP contribution in [-0.4, -0.2) is 40.4 Å². The van der Waals surface area contributed by atoms with Crippen molar-refractivity contribution in [3.05, 3.63) is 106 Å². The molecule has 2 aliphatic heterocycles. The summed E-state index contributed by atoms with van der Waals surface area (Å²) in [5.41, 5.74) is 3.63. The van der Waals surface area contributed by atoms with Crippen LogP contribution in [0.5, 0.6) is 0 Å². The number of piperidine rings is 1. The summed E-state index contributed by atoms with van der Waals surface area (Å²) < 4.78 is 0. The van der Waals surface area contributed by atoms with E-state index in [2.05, 4.69) is 10.6 Å². The number of rotatable bonds is 6. The number of nitrogens with zero attached hydrogens (tertiary/aromatic N) is 1. The minimum absolute atomic E-state index is 0.110. The van der Waals surface area contributed by atoms with Gasteiger partial charge in [-0.2, -0.15) is 0 Å². The highest BCUT2D eigenvalue weighted by Crippen LogP contribution is 2.28. The highest BCUT2D eigenvalue weighted by molar-refractivity contribution is 6.09. The summed E-state index contributed by atoms with van der Waals surface area (Å²) in [6.07, 6.45) is 0.512. The molecule has 180 valence electrons. The number of amides is 4. The molecule has 8 nitrogen and oxygen atoms in total. The number of hydrogen-bond acceptors (Lipinski definition) is 5. The fourth-order valence-corrected chi connectivity index (χ4v) is 4.55. The first kappa shape index (κ1) is 23.2. The Balaban J connectivity index is 1.21. The predicted octanol–water partition coefficient (Wildman–Crippen LogP) is 2.61. The number of carbonyl (C=O) groups excluding carboxylic acids is 5. The molecule has 1 saturated heterocycles. The molecule has 8 heteroatoms. The molecule has 1 unspecified atom stereocenters. The van der Waals surface area contributed by atoms with Gasteiger partial charge in [0.2, 0.25) is 11.8 Å². The molecule has 3 aromatic rings. The van der Waals surface area contributed by atoms with Gasteiger partial charge in [-0.05, 0) is 35.7 Å². The Morgan fingerprint density at radius 1 is 0.889 bits per heavy atom. The maximum absolute atomic E-state index is 12.8. The molecule has 0 radical (unpaired) electrons. The highest BCUT2D eigenvalue weighted by Gasteiger charge is 2.39. The van der Waals surface area contributed by atoms with Crippen molar-refractivity contribution in [2.75, 3.05) is 0 Å². The van der Waals surface area contributed by atoms with E-state index in [0.29, 0.717) is 28.7 Å². The predicted molar refractivity (Wildman–Crippen MR) is 130 cm³/mol. The molecule has 0 saturated carbocycles. The van der Waals surface area contributed by atoms with Crippen molar-refractivity contribution < 1.29 is 24.0 Å². The molecule has 36 heavy (non-hydrogen) atoms. The van der Waals surface area contributed by atoms with E-state index in [1.807, 2.05) is 12.1 Å². The summed E-state index contributed by atoms with van der Waals surface area (Å²) >= 11 is 0. The number of benzene rings is 3. The number of hydrogen-bond donors (Lipinski definition) is 2. The second-order valence-electron chi connectivity index (χ2n) is 8.85. The molecular formula is C28H23N3O5. The van der Waals surface area contributed by atoms with Crippen LogP contribution in [0.15, 0.2) is 72.8 Å². The van der Waals surface area contributed by atoms with E-state index in [-0.39, 0.29) is 43.0 Å². The van der Waals surface area contributed by atoms with Crippen LogP contribution in [0.25, 0.3) is 0 Å². The molecule has 0 bridgehead atoms. The van der Waals surface area contributed by atoms with Gasteiger partial charge in [0.05, 0.1) is 0 Å². The van der Waals surface area contributed by atoms with Gasteiger partial charge in [-0.3, -0.25) is 29.3 Å². The maximum Gasteiger partial charge on any atom is 0.255 e. The lowest BCUT2D eigenvalue weighted by atomic mass is 10.0. The van der Waals surface area contributed by atoms with E-state index in [1.165, 1.54) is 4.90 Å². The minimum Gasteiger partial charge on any atom is -0.348 e. The van der Waals surface area contributed by atoms with Gasteiger partial charge in [-0.25, -0.2) is 0 Å². The van der Waals surface area contributed by atoms with Crippen LogP contribution in [-0.2, 0) is 22.7 Å². The van der Waals surface area contributed by atoms with Gasteiger partial charge in [0, 0.05) is 41.8 Å². The lowest BCUT2D eigenvalue weighted by Gasteiger charge is -2.29. The topological polar surface area (TPSA) is 113 Å². The zero-order valence-corrected chi connectivity index (χ0v) is 19.3. The van der Waals surface area contributed by atoms with Crippen molar-refractivity contribution in [3.8, 4) is 0 Å². The largest absolute Gasteiger partial charge is 0.348 e. The first-order valence-corrected chi connectivity index (χ1v) is 11.6. The summed E-state index contributed by atoms with van der Waals surface area (Å²) in [6.45, 7) is 0.530. The SMILES string of the molecule is O=C1CCC(N2Cc3cc(CNC(=O)c4ccc(C(=O)c5ccccc5)cc4)ccc3C2=O)C(=O)N1. The van der Waals surface area contributed by atoms with Crippen molar-refractivity contribution in [1.29, 1.82) is 0 Å². The third-order valence-electron chi connectivity index (χ3n) is 6.49. The van der Waals surface area contributed by atoms with Crippen LogP contribution in [0.1, 0.15) is 60.6 Å². The van der Waals surface area contributed by atoms with Gasteiger partial charge in [0.1, 0.15) is 6.04 Å². The van der Waals surface area contributed by atoms with E-state index in [4.69, 9.17) is 0 Å². The lowest BCUT2D eigenvalue weighted by Crippen LogP contribution is -2.52. The Bertz CT molecular complexity index is 1380. The minimum atomic E-state index is -0.664. The molecule has 2 heterocycles. The Hall–Kier alpha value is -4.59. The average Bonchev–Trinajstić information content (AvgIpc) is 3.22. The van der Waals surface area contributed by atoms with Gasteiger partial charge >= 0.3 is 0 Å². The summed E-state index contributed by atoms with van der Waals surface area (Å²) in [5.74, 6) is -1.40. The second-order valence-corrected chi connectivity index (χ2v) is 8.85. The van der Waals surface area contributed by atoms with E-state index in [0.717, 1.165) is 11.1 Å². The fourth-order valence-electron chi connectivity index (χ4n) is 4.55. The van der Waals surface area contributed by atoms with Crippen LogP contribution < -0.4 is 10.6 Å². The summed E-state index contributed by atoms with van der Waals surface area (Å²) in [6, 6.07) is 20.1. The van der Waals surface area contributed by atoms with Crippen LogP contribution in [0.2, 0.25) is 0 Å². The Labute approximate surface area is 207 Å². The lowest BCUT2D eigenvalue weighted by molar-refractivity contribution is -0.136. The molecule has 1 fully saturated rings. The zero-order valence-electron chi connectivity index (χ0n) is 19.3. The van der Waals surface area contributed by atoms with E-state index < -0.39 is 11.9 Å². The maximum atomic E-state index is 12.8. The third-order valence-corrected chi connectivity index (χ3v) is 6.49. The van der Waals surface area contributed by atoms with Gasteiger partial charge in [-0.15, -0.1) is 0 Å². The molecular weight excluding hydrogens is 458 g/mol. The standard InChI is InChI=1S/C28H23N3O5/c32-24-13-12-23(27(35)30-24)31-16-21-14-17(6-11-22(21)28(31)36)15-29-26(34)20-9-7-19(8-10-20)25(33)18-4-2-1-3-5-18/h1-11,14,23H,12-13,15-16H2,(H,29,34)(H,30,32,35). The zero-order chi connectivity index (χ0) is 25.2. The Kier molecular flexibility index (Phi) is 6.16. The van der Waals surface area contributed by atoms with E-state index >= 15 is 0 Å². The van der Waals surface area contributed by atoms with Crippen molar-refractivity contribution in [2.24, 2.45) is 0 Å². The summed E-state index contributed by atoms with van der Waals surface area (Å²) in [5, 5.41) is 5.15. The average molecular weight is 482 g/mol. The molecule has 2 N–H and O–H groups in total. The van der Waals surface area contributed by atoms with Gasteiger partial charge in [0.15, 0.2) is 5.78 Å². The van der Waals surface area contributed by atoms with Crippen molar-refractivity contribution >= 4 is 29.4 Å². The number of ketones is 1. The number of imide groups is 1. The second kappa shape index (κ2) is 9.58. The van der Waals surface area contributed by atoms with Gasteiger partial charge in [0.25, 0.3) is 11.8 Å². The number of fused-ring (bicyclic) bond motifs is 1. The summed E-state index contributed by atoms with van der Waals surface area (Å²) in [4.78, 5) is 63.1. The molecule has 5 rings (SSSR count). The fraction of sp³-hybridized carbons (Fsp3) is 0.179. The molecule has 3 aromatic carbocycles. The normalized spacial score (nSPS) is 16.9. The quantitative estimate of drug-likeness (QED) is 0.415. The van der Waals surface area contributed by atoms with Gasteiger partial charge in [-0.1, -0.05) is 54.6 Å². The van der Waals surface area contributed by atoms with Crippen LogP contribution in [0.3, 0.4) is 0 Å². The Morgan fingerprint density at radius 3 is 2.31 bits per heavy atom. The molecule has 0 spiro atoms. The van der Waals surface area contributed by atoms with Gasteiger partial charge < -0.3 is 10.2 Å². The first-order chi connectivity index (χ1) is 17.4. The van der Waals surface area contributed by atoms with Crippen molar-refractivity contribution in [3.63, 3.8) is 0 Å². The monoisotopic (exact) mass is 481 g/mol. The Morgan fingerprint density at radius 2 is 1.58 bits per heavy atom. The first-order valence-electron chi connectivity index (χ1n) is 11.6. The molecule has 0 aromatic heterocycles. The van der Waals surface area contributed by atoms with Crippen LogP contribution in [0, 0.1) is 0 Å². The van der Waals surface area contributed by atoms with Crippen molar-refractivity contribution in [2.45, 2.75) is 32.0 Å². The molecule has 1 atom stereocenters. The smallest absolute Gasteiger partial charge is 0.255 e. The molecule has 4 amide bonds. The molecule has 0 aliphatic carbocycles. The van der Waals surface area contributed by atoms with Crippen LogP contribution in [0.4, 0.5) is 0 Å².